The van der Waals surface area contributed by atoms with Crippen LogP contribution in [0, 0.1) is 11.8 Å². The zero-order chi connectivity index (χ0) is 16.9. The third-order valence-corrected chi connectivity index (χ3v) is 5.47. The normalized spacial score (nSPS) is 19.2. The van der Waals surface area contributed by atoms with Gasteiger partial charge in [0, 0.05) is 22.9 Å². The highest BCUT2D eigenvalue weighted by molar-refractivity contribution is 9.10. The van der Waals surface area contributed by atoms with E-state index in [4.69, 9.17) is 0 Å². The van der Waals surface area contributed by atoms with E-state index >= 15 is 0 Å². The summed E-state index contributed by atoms with van der Waals surface area (Å²) < 4.78 is 1.08. The molecule has 0 radical (unpaired) electrons. The molecule has 3 nitrogen and oxygen atoms in total. The number of carbonyl (C=O) groups excluding carboxylic acids is 1. The van der Waals surface area contributed by atoms with Crippen LogP contribution in [0.4, 0.5) is 0 Å². The molecule has 24 heavy (non-hydrogen) atoms. The molecule has 1 aliphatic rings. The summed E-state index contributed by atoms with van der Waals surface area (Å²) in [5.41, 5.74) is 1.16. The zero-order valence-electron chi connectivity index (χ0n) is 14.9. The number of halogens is 2. The number of rotatable bonds is 6. The van der Waals surface area contributed by atoms with E-state index in [-0.39, 0.29) is 23.7 Å². The lowest BCUT2D eigenvalue weighted by molar-refractivity contribution is -0.122. The van der Waals surface area contributed by atoms with Crippen molar-refractivity contribution in [2.24, 2.45) is 11.8 Å². The number of nitrogens with one attached hydrogen (secondary N) is 2. The second kappa shape index (κ2) is 9.79. The average Bonchev–Trinajstić information content (AvgIpc) is 2.54. The number of piperidine rings is 1. The van der Waals surface area contributed by atoms with Crippen molar-refractivity contribution in [1.29, 1.82) is 0 Å². The second-order valence-corrected chi connectivity index (χ2v) is 8.37. The van der Waals surface area contributed by atoms with Gasteiger partial charge in [0.05, 0.1) is 0 Å². The second-order valence-electron chi connectivity index (χ2n) is 7.46. The molecule has 1 fully saturated rings. The van der Waals surface area contributed by atoms with Crippen LogP contribution in [0.2, 0.25) is 0 Å². The molecular weight excluding hydrogens is 388 g/mol. The molecule has 2 unspecified atom stereocenters. The molecule has 0 aromatic heterocycles. The van der Waals surface area contributed by atoms with E-state index in [1.807, 2.05) is 12.1 Å². The molecule has 0 bridgehead atoms. The first kappa shape index (κ1) is 21.5. The Morgan fingerprint density at radius 2 is 2.21 bits per heavy atom. The molecule has 0 saturated carbocycles. The fraction of sp³-hybridized carbons (Fsp3) is 0.632. The molecule has 5 heteroatoms. The van der Waals surface area contributed by atoms with E-state index in [1.165, 1.54) is 18.4 Å². The molecule has 1 aromatic rings. The predicted octanol–water partition coefficient (Wildman–Crippen LogP) is 4.29. The summed E-state index contributed by atoms with van der Waals surface area (Å²) in [5, 5.41) is 6.57. The zero-order valence-corrected chi connectivity index (χ0v) is 17.3. The summed E-state index contributed by atoms with van der Waals surface area (Å²) in [5.74, 6) is 1.25. The molecule has 1 aromatic carbocycles. The third kappa shape index (κ3) is 6.38. The summed E-state index contributed by atoms with van der Waals surface area (Å²) >= 11 is 3.52. The minimum absolute atomic E-state index is 0. The van der Waals surface area contributed by atoms with Crippen molar-refractivity contribution in [3.05, 3.63) is 34.3 Å². The molecule has 136 valence electrons. The van der Waals surface area contributed by atoms with Crippen LogP contribution in [0.15, 0.2) is 28.7 Å². The van der Waals surface area contributed by atoms with Gasteiger partial charge in [-0.05, 0) is 55.5 Å². The lowest BCUT2D eigenvalue weighted by atomic mass is 9.83. The highest BCUT2D eigenvalue weighted by Crippen LogP contribution is 2.26. The lowest BCUT2D eigenvalue weighted by Gasteiger charge is -2.29. The average molecular weight is 418 g/mol. The minimum atomic E-state index is -0.0743. The third-order valence-electron chi connectivity index (χ3n) is 4.98. The van der Waals surface area contributed by atoms with Gasteiger partial charge < -0.3 is 10.6 Å². The molecule has 0 spiro atoms. The number of carbonyl (C=O) groups is 1. The van der Waals surface area contributed by atoms with Crippen molar-refractivity contribution in [3.63, 3.8) is 0 Å². The van der Waals surface area contributed by atoms with Gasteiger partial charge in [-0.1, -0.05) is 48.8 Å². The minimum Gasteiger partial charge on any atom is -0.355 e. The Morgan fingerprint density at radius 3 is 2.83 bits per heavy atom. The van der Waals surface area contributed by atoms with E-state index in [2.05, 4.69) is 59.5 Å². The Hall–Kier alpha value is -0.580. The maximum absolute atomic E-state index is 12.3. The molecule has 1 amide bonds. The summed E-state index contributed by atoms with van der Waals surface area (Å²) in [6, 6.07) is 8.31. The standard InChI is InChI=1S/C19H29BrN2O.ClH/c1-14(15-6-5-9-21-12-15)10-18(23)22-13-19(2,3)16-7-4-8-17(20)11-16;/h4,7-8,11,14-15,21H,5-6,9-10,12-13H2,1-3H3,(H,22,23);1H. The monoisotopic (exact) mass is 416 g/mol. The summed E-state index contributed by atoms with van der Waals surface area (Å²) in [4.78, 5) is 12.3. The SMILES string of the molecule is CC(CC(=O)NCC(C)(C)c1cccc(Br)c1)C1CCCNC1.Cl. The molecule has 1 heterocycles. The number of hydrogen-bond donors (Lipinski definition) is 2. The summed E-state index contributed by atoms with van der Waals surface area (Å²) in [6.07, 6.45) is 3.10. The Labute approximate surface area is 160 Å². The highest BCUT2D eigenvalue weighted by atomic mass is 79.9. The van der Waals surface area contributed by atoms with Gasteiger partial charge in [0.15, 0.2) is 0 Å². The van der Waals surface area contributed by atoms with Gasteiger partial charge >= 0.3 is 0 Å². The van der Waals surface area contributed by atoms with Crippen molar-refractivity contribution < 1.29 is 4.79 Å². The number of benzene rings is 1. The first-order valence-corrected chi connectivity index (χ1v) is 9.41. The maximum atomic E-state index is 12.3. The fourth-order valence-electron chi connectivity index (χ4n) is 3.23. The smallest absolute Gasteiger partial charge is 0.220 e. The van der Waals surface area contributed by atoms with Gasteiger partial charge in [-0.3, -0.25) is 4.79 Å². The Balaban J connectivity index is 0.00000288. The van der Waals surface area contributed by atoms with Gasteiger partial charge in [0.1, 0.15) is 0 Å². The van der Waals surface area contributed by atoms with Crippen LogP contribution in [0.3, 0.4) is 0 Å². The summed E-state index contributed by atoms with van der Waals surface area (Å²) in [6.45, 7) is 9.38. The van der Waals surface area contributed by atoms with Gasteiger partial charge in [-0.15, -0.1) is 12.4 Å². The molecule has 2 N–H and O–H groups in total. The first-order chi connectivity index (χ1) is 10.9. The van der Waals surface area contributed by atoms with Gasteiger partial charge in [0.2, 0.25) is 5.91 Å². The Bertz CT molecular complexity index is 530. The van der Waals surface area contributed by atoms with Crippen molar-refractivity contribution >= 4 is 34.2 Å². The van der Waals surface area contributed by atoms with Crippen molar-refractivity contribution in [2.75, 3.05) is 19.6 Å². The van der Waals surface area contributed by atoms with E-state index in [1.54, 1.807) is 0 Å². The van der Waals surface area contributed by atoms with Crippen LogP contribution in [0.1, 0.15) is 45.6 Å². The predicted molar refractivity (Wildman–Crippen MR) is 107 cm³/mol. The maximum Gasteiger partial charge on any atom is 0.220 e. The van der Waals surface area contributed by atoms with E-state index in [0.717, 1.165) is 17.6 Å². The van der Waals surface area contributed by atoms with Crippen LogP contribution in [-0.4, -0.2) is 25.5 Å². The number of amides is 1. The molecule has 1 aliphatic heterocycles. The van der Waals surface area contributed by atoms with Gasteiger partial charge in [-0.2, -0.15) is 0 Å². The van der Waals surface area contributed by atoms with Crippen LogP contribution in [0.25, 0.3) is 0 Å². The van der Waals surface area contributed by atoms with E-state index < -0.39 is 0 Å². The van der Waals surface area contributed by atoms with Crippen molar-refractivity contribution in [1.82, 2.24) is 10.6 Å². The van der Waals surface area contributed by atoms with Gasteiger partial charge in [0.25, 0.3) is 0 Å². The molecule has 2 rings (SSSR count). The van der Waals surface area contributed by atoms with Crippen LogP contribution < -0.4 is 10.6 Å². The van der Waals surface area contributed by atoms with Crippen LogP contribution in [0.5, 0.6) is 0 Å². The Morgan fingerprint density at radius 1 is 1.46 bits per heavy atom. The first-order valence-electron chi connectivity index (χ1n) is 8.62. The quantitative estimate of drug-likeness (QED) is 0.725. The molecule has 0 aliphatic carbocycles. The largest absolute Gasteiger partial charge is 0.355 e. The summed E-state index contributed by atoms with van der Waals surface area (Å²) in [7, 11) is 0. The van der Waals surface area contributed by atoms with Crippen molar-refractivity contribution in [3.8, 4) is 0 Å². The fourth-order valence-corrected chi connectivity index (χ4v) is 3.63. The highest BCUT2D eigenvalue weighted by Gasteiger charge is 2.24. The molecular formula is C19H30BrClN2O. The van der Waals surface area contributed by atoms with Crippen molar-refractivity contribution in [2.45, 2.75) is 45.4 Å². The van der Waals surface area contributed by atoms with E-state index in [9.17, 15) is 4.79 Å². The van der Waals surface area contributed by atoms with E-state index in [0.29, 0.717) is 24.8 Å². The molecule has 1 saturated heterocycles. The van der Waals surface area contributed by atoms with Crippen LogP contribution >= 0.6 is 28.3 Å². The topological polar surface area (TPSA) is 41.1 Å². The van der Waals surface area contributed by atoms with Crippen LogP contribution in [-0.2, 0) is 10.2 Å². The van der Waals surface area contributed by atoms with Gasteiger partial charge in [-0.25, -0.2) is 0 Å². The number of hydrogen-bond acceptors (Lipinski definition) is 2. The Kier molecular flexibility index (Phi) is 8.75. The lowest BCUT2D eigenvalue weighted by Crippen LogP contribution is -2.39. The molecule has 2 atom stereocenters.